The van der Waals surface area contributed by atoms with Gasteiger partial charge in [0.25, 0.3) is 0 Å². The average molecular weight is 271 g/mol. The third-order valence-electron chi connectivity index (χ3n) is 3.93. The van der Waals surface area contributed by atoms with E-state index in [9.17, 15) is 4.79 Å². The fourth-order valence-electron chi connectivity index (χ4n) is 2.95. The third-order valence-corrected chi connectivity index (χ3v) is 5.03. The second-order valence-corrected chi connectivity index (χ2v) is 6.15. The van der Waals surface area contributed by atoms with Crippen LogP contribution in [0.2, 0.25) is 0 Å². The van der Waals surface area contributed by atoms with Gasteiger partial charge in [-0.1, -0.05) is 37.3 Å². The minimum atomic E-state index is 0.0796. The van der Waals surface area contributed by atoms with Gasteiger partial charge in [0.15, 0.2) is 5.78 Å². The second-order valence-electron chi connectivity index (χ2n) is 5.02. The summed E-state index contributed by atoms with van der Waals surface area (Å²) < 4.78 is 0. The number of rotatable bonds is 3. The molecule has 1 aromatic carbocycles. The highest BCUT2D eigenvalue weighted by molar-refractivity contribution is 7.16. The van der Waals surface area contributed by atoms with E-state index in [0.29, 0.717) is 10.9 Å². The summed E-state index contributed by atoms with van der Waals surface area (Å²) in [4.78, 5) is 14.0. The molecule has 98 valence electrons. The maximum Gasteiger partial charge on any atom is 0.196 e. The summed E-state index contributed by atoms with van der Waals surface area (Å²) in [5.41, 5.74) is 8.85. The first kappa shape index (κ1) is 12.4. The molecule has 1 aliphatic carbocycles. The molecule has 3 heteroatoms. The zero-order valence-corrected chi connectivity index (χ0v) is 11.8. The quantitative estimate of drug-likeness (QED) is 0.857. The zero-order valence-electron chi connectivity index (χ0n) is 11.0. The van der Waals surface area contributed by atoms with Gasteiger partial charge in [-0.2, -0.15) is 0 Å². The van der Waals surface area contributed by atoms with Gasteiger partial charge in [0.2, 0.25) is 0 Å². The molecule has 2 N–H and O–H groups in total. The summed E-state index contributed by atoms with van der Waals surface area (Å²) >= 11 is 1.60. The Kier molecular flexibility index (Phi) is 3.15. The van der Waals surface area contributed by atoms with Crippen molar-refractivity contribution < 1.29 is 4.79 Å². The predicted molar refractivity (Wildman–Crippen MR) is 80.0 cm³/mol. The van der Waals surface area contributed by atoms with Gasteiger partial charge in [0.05, 0.1) is 10.6 Å². The largest absolute Gasteiger partial charge is 0.390 e. The van der Waals surface area contributed by atoms with Gasteiger partial charge in [-0.05, 0) is 30.7 Å². The number of hydrogen-bond donors (Lipinski definition) is 1. The summed E-state index contributed by atoms with van der Waals surface area (Å²) in [5.74, 6) is 0.585. The first-order chi connectivity index (χ1) is 9.22. The average Bonchev–Trinajstić information content (AvgIpc) is 2.96. The zero-order chi connectivity index (χ0) is 13.4. The van der Waals surface area contributed by atoms with Crippen molar-refractivity contribution in [2.24, 2.45) is 0 Å². The standard InChI is InChI=1S/C16H17NOS/c1-2-10-8-9-12-13(10)14(16(17)19-12)15(18)11-6-4-3-5-7-11/h3-7,10H,2,8-9,17H2,1H3. The molecule has 2 nitrogen and oxygen atoms in total. The Morgan fingerprint density at radius 1 is 1.37 bits per heavy atom. The summed E-state index contributed by atoms with van der Waals surface area (Å²) in [5, 5.41) is 0.692. The van der Waals surface area contributed by atoms with Crippen LogP contribution in [-0.2, 0) is 6.42 Å². The van der Waals surface area contributed by atoms with Crippen molar-refractivity contribution in [3.8, 4) is 0 Å². The van der Waals surface area contributed by atoms with Gasteiger partial charge in [-0.25, -0.2) is 0 Å². The van der Waals surface area contributed by atoms with Gasteiger partial charge in [-0.15, -0.1) is 11.3 Å². The van der Waals surface area contributed by atoms with Crippen molar-refractivity contribution in [2.75, 3.05) is 5.73 Å². The maximum atomic E-state index is 12.7. The Hall–Kier alpha value is -1.61. The van der Waals surface area contributed by atoms with E-state index in [-0.39, 0.29) is 5.78 Å². The molecule has 1 heterocycles. The van der Waals surface area contributed by atoms with E-state index in [1.807, 2.05) is 30.3 Å². The van der Waals surface area contributed by atoms with Gasteiger partial charge >= 0.3 is 0 Å². The van der Waals surface area contributed by atoms with Crippen LogP contribution in [0.25, 0.3) is 0 Å². The molecule has 0 saturated heterocycles. The Labute approximate surface area is 117 Å². The maximum absolute atomic E-state index is 12.7. The van der Waals surface area contributed by atoms with E-state index in [2.05, 4.69) is 6.92 Å². The molecule has 1 aliphatic rings. The van der Waals surface area contributed by atoms with E-state index in [4.69, 9.17) is 5.73 Å². The molecule has 2 aromatic rings. The van der Waals surface area contributed by atoms with Crippen molar-refractivity contribution in [3.05, 3.63) is 51.9 Å². The molecule has 1 aromatic heterocycles. The lowest BCUT2D eigenvalue weighted by Crippen LogP contribution is -2.07. The lowest BCUT2D eigenvalue weighted by molar-refractivity contribution is 0.103. The SMILES string of the molecule is CCC1CCc2sc(N)c(C(=O)c3ccccc3)c21. The number of carbonyl (C=O) groups excluding carboxylic acids is 1. The Morgan fingerprint density at radius 2 is 2.11 bits per heavy atom. The van der Waals surface area contributed by atoms with E-state index in [1.54, 1.807) is 11.3 Å². The molecule has 0 aliphatic heterocycles. The molecular formula is C16H17NOS. The molecule has 0 bridgehead atoms. The number of nitrogen functional groups attached to an aromatic ring is 1. The molecule has 0 saturated carbocycles. The lowest BCUT2D eigenvalue weighted by atomic mass is 9.93. The van der Waals surface area contributed by atoms with Gasteiger partial charge in [0, 0.05) is 10.4 Å². The van der Waals surface area contributed by atoms with Crippen LogP contribution < -0.4 is 5.73 Å². The van der Waals surface area contributed by atoms with E-state index < -0.39 is 0 Å². The number of hydrogen-bond acceptors (Lipinski definition) is 3. The van der Waals surface area contributed by atoms with Crippen LogP contribution >= 0.6 is 11.3 Å². The number of benzene rings is 1. The summed E-state index contributed by atoms with van der Waals surface area (Å²) in [6.45, 7) is 2.18. The van der Waals surface area contributed by atoms with Crippen molar-refractivity contribution in [3.63, 3.8) is 0 Å². The number of thiophene rings is 1. The fourth-order valence-corrected chi connectivity index (χ4v) is 4.12. The Bertz CT molecular complexity index is 615. The molecule has 0 spiro atoms. The first-order valence-corrected chi connectivity index (χ1v) is 7.54. The molecular weight excluding hydrogens is 254 g/mol. The van der Waals surface area contributed by atoms with E-state index in [1.165, 1.54) is 10.4 Å². The molecule has 0 fully saturated rings. The van der Waals surface area contributed by atoms with Crippen molar-refractivity contribution >= 4 is 22.1 Å². The van der Waals surface area contributed by atoms with Crippen LogP contribution in [0.5, 0.6) is 0 Å². The fraction of sp³-hybridized carbons (Fsp3) is 0.312. The predicted octanol–water partition coefficient (Wildman–Crippen LogP) is 4.00. The Balaban J connectivity index is 2.09. The highest BCUT2D eigenvalue weighted by Crippen LogP contribution is 2.45. The van der Waals surface area contributed by atoms with Gasteiger partial charge in [-0.3, -0.25) is 4.79 Å². The highest BCUT2D eigenvalue weighted by Gasteiger charge is 2.31. The van der Waals surface area contributed by atoms with Crippen LogP contribution in [-0.4, -0.2) is 5.78 Å². The van der Waals surface area contributed by atoms with Gasteiger partial charge in [0.1, 0.15) is 0 Å². The number of aryl methyl sites for hydroxylation is 1. The molecule has 19 heavy (non-hydrogen) atoms. The highest BCUT2D eigenvalue weighted by atomic mass is 32.1. The van der Waals surface area contributed by atoms with Crippen LogP contribution in [0.3, 0.4) is 0 Å². The van der Waals surface area contributed by atoms with Crippen LogP contribution in [0.4, 0.5) is 5.00 Å². The lowest BCUT2D eigenvalue weighted by Gasteiger charge is -2.10. The van der Waals surface area contributed by atoms with Crippen molar-refractivity contribution in [1.29, 1.82) is 0 Å². The smallest absolute Gasteiger partial charge is 0.196 e. The monoisotopic (exact) mass is 271 g/mol. The van der Waals surface area contributed by atoms with Crippen LogP contribution in [0.1, 0.15) is 52.0 Å². The normalized spacial score (nSPS) is 17.4. The molecule has 1 atom stereocenters. The van der Waals surface area contributed by atoms with Crippen LogP contribution in [0, 0.1) is 0 Å². The topological polar surface area (TPSA) is 43.1 Å². The summed E-state index contributed by atoms with van der Waals surface area (Å²) in [7, 11) is 0. The molecule has 0 radical (unpaired) electrons. The number of anilines is 1. The molecule has 1 unspecified atom stereocenters. The minimum absolute atomic E-state index is 0.0796. The van der Waals surface area contributed by atoms with E-state index >= 15 is 0 Å². The number of ketones is 1. The van der Waals surface area contributed by atoms with Gasteiger partial charge < -0.3 is 5.73 Å². The second kappa shape index (κ2) is 4.82. The number of nitrogens with two attached hydrogens (primary N) is 1. The van der Waals surface area contributed by atoms with Crippen LogP contribution in [0.15, 0.2) is 30.3 Å². The summed E-state index contributed by atoms with van der Waals surface area (Å²) in [6.07, 6.45) is 3.32. The molecule has 0 amide bonds. The number of fused-ring (bicyclic) bond motifs is 1. The summed E-state index contributed by atoms with van der Waals surface area (Å²) in [6, 6.07) is 9.44. The van der Waals surface area contributed by atoms with E-state index in [0.717, 1.165) is 30.4 Å². The third kappa shape index (κ3) is 1.98. The molecule has 3 rings (SSSR count). The number of carbonyl (C=O) groups is 1. The van der Waals surface area contributed by atoms with Crippen molar-refractivity contribution in [1.82, 2.24) is 0 Å². The Morgan fingerprint density at radius 3 is 2.79 bits per heavy atom. The minimum Gasteiger partial charge on any atom is -0.390 e. The van der Waals surface area contributed by atoms with Crippen molar-refractivity contribution in [2.45, 2.75) is 32.1 Å². The first-order valence-electron chi connectivity index (χ1n) is 6.73.